The molecule has 1 aliphatic rings. The number of aromatic nitrogens is 2. The number of nitrogens with zero attached hydrogens (tertiary/aromatic N) is 3. The van der Waals surface area contributed by atoms with Crippen LogP contribution in [0, 0.1) is 26.7 Å². The number of rotatable bonds is 4. The minimum Gasteiger partial charge on any atom is -0.466 e. The number of likely N-dealkylation sites (tertiary alicyclic amines) is 1. The van der Waals surface area contributed by atoms with Crippen LogP contribution in [0.1, 0.15) is 50.1 Å². The molecule has 0 radical (unpaired) electrons. The summed E-state index contributed by atoms with van der Waals surface area (Å²) < 4.78 is 9.23. The van der Waals surface area contributed by atoms with Crippen molar-refractivity contribution in [2.24, 2.45) is 5.92 Å². The molecule has 1 saturated heterocycles. The average Bonchev–Trinajstić information content (AvgIpc) is 3.17. The van der Waals surface area contributed by atoms with Crippen LogP contribution in [-0.2, 0) is 0 Å². The SMILES string of the molecule is Cc1cc(C(=O)NCC2CCN(C(=O)c3snnc3C)CC2)c(C)o1. The van der Waals surface area contributed by atoms with Crippen molar-refractivity contribution in [3.8, 4) is 0 Å². The van der Waals surface area contributed by atoms with Crippen molar-refractivity contribution in [1.82, 2.24) is 19.8 Å². The Hall–Kier alpha value is -2.22. The highest BCUT2D eigenvalue weighted by Crippen LogP contribution is 2.21. The van der Waals surface area contributed by atoms with Crippen LogP contribution < -0.4 is 5.32 Å². The van der Waals surface area contributed by atoms with E-state index in [1.165, 1.54) is 0 Å². The molecule has 8 heteroatoms. The number of hydrogen-bond donors (Lipinski definition) is 1. The number of hydrogen-bond acceptors (Lipinski definition) is 6. The number of amides is 2. The first kappa shape index (κ1) is 17.6. The molecule has 0 aromatic carbocycles. The first-order valence-electron chi connectivity index (χ1n) is 8.39. The van der Waals surface area contributed by atoms with Gasteiger partial charge in [0.2, 0.25) is 0 Å². The van der Waals surface area contributed by atoms with Gasteiger partial charge in [-0.15, -0.1) is 5.10 Å². The summed E-state index contributed by atoms with van der Waals surface area (Å²) in [5.41, 5.74) is 1.29. The zero-order chi connectivity index (χ0) is 18.0. The molecule has 2 aromatic heterocycles. The maximum Gasteiger partial charge on any atom is 0.267 e. The van der Waals surface area contributed by atoms with Crippen LogP contribution in [0.4, 0.5) is 0 Å². The highest BCUT2D eigenvalue weighted by atomic mass is 32.1. The van der Waals surface area contributed by atoms with E-state index in [1.807, 2.05) is 11.8 Å². The Labute approximate surface area is 150 Å². The Balaban J connectivity index is 1.48. The second-order valence-corrected chi connectivity index (χ2v) is 7.21. The van der Waals surface area contributed by atoms with Gasteiger partial charge in [-0.2, -0.15) is 0 Å². The van der Waals surface area contributed by atoms with E-state index in [-0.39, 0.29) is 11.8 Å². The standard InChI is InChI=1S/C17H22N4O3S/c1-10-8-14(12(3)24-10)16(22)18-9-13-4-6-21(7-5-13)17(23)15-11(2)19-20-25-15/h8,13H,4-7,9H2,1-3H3,(H,18,22). The van der Waals surface area contributed by atoms with Crippen LogP contribution in [0.15, 0.2) is 10.5 Å². The molecular weight excluding hydrogens is 340 g/mol. The van der Waals surface area contributed by atoms with Gasteiger partial charge in [0, 0.05) is 19.6 Å². The van der Waals surface area contributed by atoms with Crippen molar-refractivity contribution >= 4 is 23.3 Å². The summed E-state index contributed by atoms with van der Waals surface area (Å²) in [5, 5.41) is 6.88. The predicted octanol–water partition coefficient (Wildman–Crippen LogP) is 2.34. The van der Waals surface area contributed by atoms with Gasteiger partial charge in [-0.25, -0.2) is 0 Å². The second-order valence-electron chi connectivity index (χ2n) is 6.46. The highest BCUT2D eigenvalue weighted by Gasteiger charge is 2.26. The monoisotopic (exact) mass is 362 g/mol. The zero-order valence-electron chi connectivity index (χ0n) is 14.7. The smallest absolute Gasteiger partial charge is 0.267 e. The molecule has 7 nitrogen and oxygen atoms in total. The second kappa shape index (κ2) is 7.35. The quantitative estimate of drug-likeness (QED) is 0.902. The first-order chi connectivity index (χ1) is 12.0. The molecule has 0 spiro atoms. The van der Waals surface area contributed by atoms with E-state index in [0.717, 1.165) is 30.1 Å². The van der Waals surface area contributed by atoms with E-state index < -0.39 is 0 Å². The molecule has 1 aliphatic heterocycles. The Morgan fingerprint density at radius 3 is 2.60 bits per heavy atom. The third-order valence-corrected chi connectivity index (χ3v) is 5.40. The van der Waals surface area contributed by atoms with E-state index in [0.29, 0.717) is 47.4 Å². The van der Waals surface area contributed by atoms with Crippen LogP contribution in [0.5, 0.6) is 0 Å². The molecule has 0 aliphatic carbocycles. The van der Waals surface area contributed by atoms with Gasteiger partial charge in [0.05, 0.1) is 11.3 Å². The number of carbonyl (C=O) groups excluding carboxylic acids is 2. The van der Waals surface area contributed by atoms with Crippen molar-refractivity contribution in [2.45, 2.75) is 33.6 Å². The van der Waals surface area contributed by atoms with Gasteiger partial charge >= 0.3 is 0 Å². The third-order valence-electron chi connectivity index (χ3n) is 4.58. The first-order valence-corrected chi connectivity index (χ1v) is 9.16. The van der Waals surface area contributed by atoms with Gasteiger partial charge in [-0.05, 0) is 57.1 Å². The van der Waals surface area contributed by atoms with Crippen LogP contribution in [0.3, 0.4) is 0 Å². The largest absolute Gasteiger partial charge is 0.466 e. The summed E-state index contributed by atoms with van der Waals surface area (Å²) in [7, 11) is 0. The molecule has 0 saturated carbocycles. The van der Waals surface area contributed by atoms with Gasteiger partial charge in [0.15, 0.2) is 0 Å². The summed E-state index contributed by atoms with van der Waals surface area (Å²) in [6.45, 7) is 7.44. The molecule has 2 amide bonds. The lowest BCUT2D eigenvalue weighted by molar-refractivity contribution is 0.0688. The van der Waals surface area contributed by atoms with Gasteiger partial charge in [-0.1, -0.05) is 4.49 Å². The van der Waals surface area contributed by atoms with Crippen molar-refractivity contribution < 1.29 is 14.0 Å². The molecule has 2 aromatic rings. The van der Waals surface area contributed by atoms with E-state index in [1.54, 1.807) is 19.9 Å². The molecule has 134 valence electrons. The molecule has 25 heavy (non-hydrogen) atoms. The lowest BCUT2D eigenvalue weighted by Crippen LogP contribution is -2.41. The normalized spacial score (nSPS) is 15.4. The number of nitrogens with one attached hydrogen (secondary N) is 1. The fourth-order valence-corrected chi connectivity index (χ4v) is 3.73. The average molecular weight is 362 g/mol. The molecule has 3 heterocycles. The lowest BCUT2D eigenvalue weighted by Gasteiger charge is -2.31. The summed E-state index contributed by atoms with van der Waals surface area (Å²) in [6, 6.07) is 1.76. The maximum atomic E-state index is 12.5. The Bertz CT molecular complexity index is 775. The molecule has 0 unspecified atom stereocenters. The fraction of sp³-hybridized carbons (Fsp3) is 0.529. The zero-order valence-corrected chi connectivity index (χ0v) is 15.5. The minimum atomic E-state index is -0.0979. The van der Waals surface area contributed by atoms with E-state index in [2.05, 4.69) is 14.9 Å². The van der Waals surface area contributed by atoms with Gasteiger partial charge in [0.1, 0.15) is 16.4 Å². The van der Waals surface area contributed by atoms with Crippen molar-refractivity contribution in [3.05, 3.63) is 33.7 Å². The van der Waals surface area contributed by atoms with E-state index in [9.17, 15) is 9.59 Å². The number of piperidine rings is 1. The van der Waals surface area contributed by atoms with Crippen LogP contribution in [-0.4, -0.2) is 45.9 Å². The lowest BCUT2D eigenvalue weighted by atomic mass is 9.96. The molecule has 1 fully saturated rings. The fourth-order valence-electron chi connectivity index (χ4n) is 3.10. The van der Waals surface area contributed by atoms with Crippen molar-refractivity contribution in [1.29, 1.82) is 0 Å². The summed E-state index contributed by atoms with van der Waals surface area (Å²) in [6.07, 6.45) is 1.75. The third kappa shape index (κ3) is 3.89. The topological polar surface area (TPSA) is 88.3 Å². The molecule has 0 bridgehead atoms. The molecule has 3 rings (SSSR count). The minimum absolute atomic E-state index is 0.0134. The van der Waals surface area contributed by atoms with Crippen LogP contribution in [0.25, 0.3) is 0 Å². The number of aryl methyl sites for hydroxylation is 3. The molecule has 0 atom stereocenters. The maximum absolute atomic E-state index is 12.5. The van der Waals surface area contributed by atoms with E-state index in [4.69, 9.17) is 4.42 Å². The molecular formula is C17H22N4O3S. The number of furan rings is 1. The van der Waals surface area contributed by atoms with Crippen LogP contribution >= 0.6 is 11.5 Å². The van der Waals surface area contributed by atoms with Gasteiger partial charge < -0.3 is 14.6 Å². The van der Waals surface area contributed by atoms with Gasteiger partial charge in [-0.3, -0.25) is 9.59 Å². The Kier molecular flexibility index (Phi) is 5.17. The van der Waals surface area contributed by atoms with Gasteiger partial charge in [0.25, 0.3) is 11.8 Å². The molecule has 1 N–H and O–H groups in total. The van der Waals surface area contributed by atoms with Crippen molar-refractivity contribution in [3.63, 3.8) is 0 Å². The number of carbonyl (C=O) groups is 2. The summed E-state index contributed by atoms with van der Waals surface area (Å²) >= 11 is 1.15. The summed E-state index contributed by atoms with van der Waals surface area (Å²) in [4.78, 5) is 27.2. The highest BCUT2D eigenvalue weighted by molar-refractivity contribution is 7.07. The predicted molar refractivity (Wildman–Crippen MR) is 93.8 cm³/mol. The van der Waals surface area contributed by atoms with E-state index >= 15 is 0 Å². The Morgan fingerprint density at radius 1 is 1.32 bits per heavy atom. The van der Waals surface area contributed by atoms with Crippen LogP contribution in [0.2, 0.25) is 0 Å². The summed E-state index contributed by atoms with van der Waals surface area (Å²) in [5.74, 6) is 1.67. The Morgan fingerprint density at radius 2 is 2.04 bits per heavy atom. The van der Waals surface area contributed by atoms with Crippen molar-refractivity contribution in [2.75, 3.05) is 19.6 Å².